The van der Waals surface area contributed by atoms with Crippen molar-refractivity contribution in [3.05, 3.63) is 83.4 Å². The van der Waals surface area contributed by atoms with Gasteiger partial charge in [0, 0.05) is 35.6 Å². The molecule has 3 aromatic rings. The van der Waals surface area contributed by atoms with Crippen molar-refractivity contribution in [1.82, 2.24) is 15.3 Å². The van der Waals surface area contributed by atoms with Crippen molar-refractivity contribution in [2.75, 3.05) is 6.54 Å². The number of nitrogens with zero attached hydrogens (tertiary/aromatic N) is 2. The highest BCUT2D eigenvalue weighted by atomic mass is 19.4. The van der Waals surface area contributed by atoms with Crippen LogP contribution in [0.1, 0.15) is 51.4 Å². The molecule has 1 fully saturated rings. The third-order valence-corrected chi connectivity index (χ3v) is 5.34. The van der Waals surface area contributed by atoms with E-state index in [4.69, 9.17) is 0 Å². The fraction of sp³-hybridized carbons (Fsp3) is 0.250. The van der Waals surface area contributed by atoms with Crippen molar-refractivity contribution in [1.29, 1.82) is 0 Å². The third-order valence-electron chi connectivity index (χ3n) is 5.34. The summed E-state index contributed by atoms with van der Waals surface area (Å²) in [6.07, 6.45) is 1.73. The lowest BCUT2D eigenvalue weighted by atomic mass is 10.00. The molecule has 1 N–H and O–H groups in total. The number of hydrogen-bond acceptors (Lipinski definition) is 4. The number of rotatable bonds is 7. The van der Waals surface area contributed by atoms with Crippen molar-refractivity contribution in [3.8, 4) is 11.1 Å². The van der Waals surface area contributed by atoms with Crippen molar-refractivity contribution in [3.63, 3.8) is 0 Å². The van der Waals surface area contributed by atoms with Crippen molar-refractivity contribution >= 4 is 11.7 Å². The molecule has 0 saturated heterocycles. The Bertz CT molecular complexity index is 1120. The molecule has 1 aliphatic carbocycles. The Morgan fingerprint density at radius 3 is 2.09 bits per heavy atom. The van der Waals surface area contributed by atoms with Gasteiger partial charge in [0.25, 0.3) is 5.91 Å². The molecular formula is C24H20F3N3O2. The molecule has 2 heterocycles. The highest BCUT2D eigenvalue weighted by Gasteiger charge is 2.35. The second-order valence-electron chi connectivity index (χ2n) is 7.72. The maximum atomic E-state index is 13.2. The number of carbonyl (C=O) groups excluding carboxylic acids is 2. The summed E-state index contributed by atoms with van der Waals surface area (Å²) < 4.78 is 39.6. The van der Waals surface area contributed by atoms with Gasteiger partial charge >= 0.3 is 6.18 Å². The average molecular weight is 439 g/mol. The van der Waals surface area contributed by atoms with E-state index in [2.05, 4.69) is 15.3 Å². The molecule has 5 nitrogen and oxygen atoms in total. The average Bonchev–Trinajstić information content (AvgIpc) is 3.63. The van der Waals surface area contributed by atoms with Gasteiger partial charge in [-0.2, -0.15) is 13.2 Å². The van der Waals surface area contributed by atoms with Crippen LogP contribution in [0.25, 0.3) is 11.1 Å². The number of nitrogens with one attached hydrogen (secondary N) is 1. The van der Waals surface area contributed by atoms with Gasteiger partial charge in [0.05, 0.1) is 5.56 Å². The van der Waals surface area contributed by atoms with Crippen LogP contribution in [0.4, 0.5) is 13.2 Å². The number of ketones is 1. The molecule has 1 aromatic carbocycles. The summed E-state index contributed by atoms with van der Waals surface area (Å²) in [4.78, 5) is 33.0. The summed E-state index contributed by atoms with van der Waals surface area (Å²) >= 11 is 0. The van der Waals surface area contributed by atoms with Crippen LogP contribution in [0.2, 0.25) is 0 Å². The van der Waals surface area contributed by atoms with E-state index >= 15 is 0 Å². The number of aromatic nitrogens is 2. The number of alkyl halides is 3. The maximum absolute atomic E-state index is 13.2. The number of halogens is 3. The van der Waals surface area contributed by atoms with E-state index in [1.165, 1.54) is 43.4 Å². The third kappa shape index (κ3) is 5.01. The van der Waals surface area contributed by atoms with Gasteiger partial charge in [-0.05, 0) is 30.5 Å². The van der Waals surface area contributed by atoms with Crippen LogP contribution in [-0.4, -0.2) is 28.2 Å². The van der Waals surface area contributed by atoms with E-state index in [-0.39, 0.29) is 11.6 Å². The smallest absolute Gasteiger partial charge is 0.351 e. The Balaban J connectivity index is 1.46. The van der Waals surface area contributed by atoms with Crippen LogP contribution in [-0.2, 0) is 6.18 Å². The van der Waals surface area contributed by atoms with E-state index in [1.54, 1.807) is 18.2 Å². The fourth-order valence-electron chi connectivity index (χ4n) is 3.35. The zero-order chi connectivity index (χ0) is 22.7. The molecule has 32 heavy (non-hydrogen) atoms. The lowest BCUT2D eigenvalue weighted by Crippen LogP contribution is -2.25. The minimum atomic E-state index is -4.64. The molecule has 0 unspecified atom stereocenters. The summed E-state index contributed by atoms with van der Waals surface area (Å²) in [6, 6.07) is 10.9. The second kappa shape index (κ2) is 8.90. The fourth-order valence-corrected chi connectivity index (χ4v) is 3.35. The van der Waals surface area contributed by atoms with Crippen LogP contribution in [0, 0.1) is 5.92 Å². The first-order chi connectivity index (χ1) is 15.3. The van der Waals surface area contributed by atoms with Crippen LogP contribution in [0.5, 0.6) is 0 Å². The van der Waals surface area contributed by atoms with Gasteiger partial charge in [0.1, 0.15) is 11.4 Å². The van der Waals surface area contributed by atoms with Gasteiger partial charge in [0.2, 0.25) is 5.78 Å². The number of benzene rings is 1. The Hall–Kier alpha value is -3.55. The minimum Gasteiger partial charge on any atom is -0.351 e. The van der Waals surface area contributed by atoms with Gasteiger partial charge < -0.3 is 5.32 Å². The van der Waals surface area contributed by atoms with Gasteiger partial charge in [-0.15, -0.1) is 0 Å². The summed E-state index contributed by atoms with van der Waals surface area (Å²) in [5.74, 6) is -0.310. The summed E-state index contributed by atoms with van der Waals surface area (Å²) in [5.41, 5.74) is 0.0590. The van der Waals surface area contributed by atoms with Gasteiger partial charge in [-0.1, -0.05) is 43.2 Å². The molecular weight excluding hydrogens is 419 g/mol. The van der Waals surface area contributed by atoms with Crippen molar-refractivity contribution < 1.29 is 22.8 Å². The predicted octanol–water partition coefficient (Wildman–Crippen LogP) is 4.92. The van der Waals surface area contributed by atoms with Crippen LogP contribution in [0.3, 0.4) is 0 Å². The molecule has 4 rings (SSSR count). The number of amides is 1. The summed E-state index contributed by atoms with van der Waals surface area (Å²) in [6.45, 7) is 0.629. The first-order valence-electron chi connectivity index (χ1n) is 10.2. The van der Waals surface area contributed by atoms with E-state index in [9.17, 15) is 22.8 Å². The standard InChI is InChI=1S/C24H20F3N3O2/c25-24(26,27)19-4-2-1-3-18(19)22(31)20-9-7-16(13-29-20)17-8-10-21(30-14-17)23(32)28-12-11-15-5-6-15/h1-4,7-10,13-15H,5-6,11-12H2,(H,28,32). The Morgan fingerprint density at radius 1 is 0.906 bits per heavy atom. The Labute approximate surface area is 182 Å². The zero-order valence-electron chi connectivity index (χ0n) is 17.0. The highest BCUT2D eigenvalue weighted by Crippen LogP contribution is 2.33. The van der Waals surface area contributed by atoms with Gasteiger partial charge in [-0.25, -0.2) is 0 Å². The SMILES string of the molecule is O=C(NCCC1CC1)c1ccc(-c2ccc(C(=O)c3ccccc3C(F)(F)F)nc2)cn1. The Morgan fingerprint density at radius 2 is 1.53 bits per heavy atom. The minimum absolute atomic E-state index is 0.0925. The predicted molar refractivity (Wildman–Crippen MR) is 112 cm³/mol. The monoisotopic (exact) mass is 439 g/mol. The lowest BCUT2D eigenvalue weighted by Gasteiger charge is -2.11. The number of hydrogen-bond donors (Lipinski definition) is 1. The summed E-state index contributed by atoms with van der Waals surface area (Å²) in [7, 11) is 0. The highest BCUT2D eigenvalue weighted by molar-refractivity contribution is 6.08. The maximum Gasteiger partial charge on any atom is 0.417 e. The first-order valence-corrected chi connectivity index (χ1v) is 10.2. The number of carbonyl (C=O) groups is 2. The van der Waals surface area contributed by atoms with Crippen molar-refractivity contribution in [2.45, 2.75) is 25.4 Å². The molecule has 8 heteroatoms. The summed E-state index contributed by atoms with van der Waals surface area (Å²) in [5, 5.41) is 2.85. The molecule has 0 radical (unpaired) electrons. The first kappa shape index (κ1) is 21.7. The molecule has 0 spiro atoms. The van der Waals surface area contributed by atoms with Gasteiger partial charge in [0.15, 0.2) is 0 Å². The largest absolute Gasteiger partial charge is 0.417 e. The topological polar surface area (TPSA) is 72.0 Å². The Kier molecular flexibility index (Phi) is 6.03. The van der Waals surface area contributed by atoms with Gasteiger partial charge in [-0.3, -0.25) is 19.6 Å². The molecule has 0 aliphatic heterocycles. The van der Waals surface area contributed by atoms with Crippen LogP contribution >= 0.6 is 0 Å². The molecule has 0 atom stereocenters. The van der Waals surface area contributed by atoms with Crippen LogP contribution < -0.4 is 5.32 Å². The van der Waals surface area contributed by atoms with E-state index in [0.29, 0.717) is 23.4 Å². The second-order valence-corrected chi connectivity index (χ2v) is 7.72. The number of pyridine rings is 2. The molecule has 1 aliphatic rings. The molecule has 1 saturated carbocycles. The molecule has 164 valence electrons. The quantitative estimate of drug-likeness (QED) is 0.531. The zero-order valence-corrected chi connectivity index (χ0v) is 17.0. The normalized spacial score (nSPS) is 13.6. The molecule has 2 aromatic heterocycles. The molecule has 0 bridgehead atoms. The van der Waals surface area contributed by atoms with Crippen LogP contribution in [0.15, 0.2) is 60.9 Å². The van der Waals surface area contributed by atoms with E-state index in [0.717, 1.165) is 24.5 Å². The van der Waals surface area contributed by atoms with Crippen molar-refractivity contribution in [2.24, 2.45) is 5.92 Å². The lowest BCUT2D eigenvalue weighted by molar-refractivity contribution is -0.137. The van der Waals surface area contributed by atoms with E-state index < -0.39 is 23.1 Å². The van der Waals surface area contributed by atoms with E-state index in [1.807, 2.05) is 0 Å². The molecule has 1 amide bonds.